The Hall–Kier alpha value is -1.61. The molecule has 1 heterocycles. The average Bonchev–Trinajstić information content (AvgIpc) is 2.60. The lowest BCUT2D eigenvalue weighted by Gasteiger charge is -2.04. The van der Waals surface area contributed by atoms with E-state index >= 15 is 0 Å². The number of aromatic nitrogens is 2. The van der Waals surface area contributed by atoms with Crippen molar-refractivity contribution in [3.05, 3.63) is 40.8 Å². The van der Waals surface area contributed by atoms with Gasteiger partial charge in [-0.1, -0.05) is 12.1 Å². The second-order valence-corrected chi connectivity index (χ2v) is 4.52. The minimum Gasteiger partial charge on any atom is -0.334 e. The van der Waals surface area contributed by atoms with Gasteiger partial charge in [-0.05, 0) is 38.0 Å². The maximum atomic E-state index is 5.68. The molecular formula is C14H19N3. The Balaban J connectivity index is 2.56. The van der Waals surface area contributed by atoms with Crippen LogP contribution in [0.3, 0.4) is 0 Å². The summed E-state index contributed by atoms with van der Waals surface area (Å²) in [5, 5.41) is 0. The topological polar surface area (TPSA) is 43.8 Å². The fourth-order valence-electron chi connectivity index (χ4n) is 1.98. The lowest BCUT2D eigenvalue weighted by molar-refractivity contribution is 0.774. The average molecular weight is 229 g/mol. The standard InChI is InChI=1S/C14H19N3/c1-9-5-6-12(7-10(9)2)14-11(3)17(4)13(8-15)16-14/h5-7H,8,15H2,1-4H3. The van der Waals surface area contributed by atoms with Gasteiger partial charge in [0.2, 0.25) is 0 Å². The first-order valence-electron chi connectivity index (χ1n) is 5.84. The van der Waals surface area contributed by atoms with Crippen molar-refractivity contribution in [2.75, 3.05) is 0 Å². The first-order valence-corrected chi connectivity index (χ1v) is 5.84. The van der Waals surface area contributed by atoms with Crippen LogP contribution in [0.4, 0.5) is 0 Å². The normalized spacial score (nSPS) is 10.9. The SMILES string of the molecule is Cc1ccc(-c2nc(CN)n(C)c2C)cc1C. The zero-order chi connectivity index (χ0) is 12.6. The number of hydrogen-bond acceptors (Lipinski definition) is 2. The second-order valence-electron chi connectivity index (χ2n) is 4.52. The van der Waals surface area contributed by atoms with Gasteiger partial charge < -0.3 is 10.3 Å². The summed E-state index contributed by atoms with van der Waals surface area (Å²) >= 11 is 0. The number of nitrogens with zero attached hydrogens (tertiary/aromatic N) is 2. The molecule has 0 aliphatic rings. The van der Waals surface area contributed by atoms with E-state index < -0.39 is 0 Å². The van der Waals surface area contributed by atoms with Crippen LogP contribution in [0.5, 0.6) is 0 Å². The Morgan fingerprint density at radius 1 is 1.18 bits per heavy atom. The van der Waals surface area contributed by atoms with Crippen LogP contribution >= 0.6 is 0 Å². The van der Waals surface area contributed by atoms with Crippen molar-refractivity contribution >= 4 is 0 Å². The zero-order valence-electron chi connectivity index (χ0n) is 10.9. The fraction of sp³-hybridized carbons (Fsp3) is 0.357. The first kappa shape index (κ1) is 11.9. The van der Waals surface area contributed by atoms with E-state index in [4.69, 9.17) is 5.73 Å². The number of imidazole rings is 1. The summed E-state index contributed by atoms with van der Waals surface area (Å²) in [6.07, 6.45) is 0. The molecular weight excluding hydrogens is 210 g/mol. The van der Waals surface area contributed by atoms with Crippen molar-refractivity contribution in [2.45, 2.75) is 27.3 Å². The van der Waals surface area contributed by atoms with E-state index in [9.17, 15) is 0 Å². The van der Waals surface area contributed by atoms with Crippen LogP contribution in [-0.2, 0) is 13.6 Å². The molecule has 0 radical (unpaired) electrons. The summed E-state index contributed by atoms with van der Waals surface area (Å²) in [5.74, 6) is 0.927. The highest BCUT2D eigenvalue weighted by Crippen LogP contribution is 2.24. The van der Waals surface area contributed by atoms with E-state index in [-0.39, 0.29) is 0 Å². The molecule has 0 bridgehead atoms. The monoisotopic (exact) mass is 229 g/mol. The van der Waals surface area contributed by atoms with Crippen molar-refractivity contribution in [1.82, 2.24) is 9.55 Å². The molecule has 0 aliphatic carbocycles. The predicted molar refractivity (Wildman–Crippen MR) is 70.7 cm³/mol. The van der Waals surface area contributed by atoms with Gasteiger partial charge in [0.15, 0.2) is 0 Å². The Labute approximate surface area is 102 Å². The van der Waals surface area contributed by atoms with Gasteiger partial charge in [-0.2, -0.15) is 0 Å². The summed E-state index contributed by atoms with van der Waals surface area (Å²) in [4.78, 5) is 4.61. The maximum absolute atomic E-state index is 5.68. The lowest BCUT2D eigenvalue weighted by atomic mass is 10.0. The lowest BCUT2D eigenvalue weighted by Crippen LogP contribution is -2.05. The molecule has 2 rings (SSSR count). The van der Waals surface area contributed by atoms with Crippen molar-refractivity contribution in [1.29, 1.82) is 0 Å². The number of aryl methyl sites for hydroxylation is 2. The molecule has 0 atom stereocenters. The van der Waals surface area contributed by atoms with Gasteiger partial charge >= 0.3 is 0 Å². The Kier molecular flexibility index (Phi) is 3.03. The van der Waals surface area contributed by atoms with Gasteiger partial charge in [0.25, 0.3) is 0 Å². The molecule has 3 heteroatoms. The highest BCUT2D eigenvalue weighted by atomic mass is 15.1. The molecule has 0 spiro atoms. The van der Waals surface area contributed by atoms with Crippen molar-refractivity contribution in [2.24, 2.45) is 12.8 Å². The van der Waals surface area contributed by atoms with E-state index in [2.05, 4.69) is 48.5 Å². The summed E-state index contributed by atoms with van der Waals surface area (Å²) in [5.41, 5.74) is 11.6. The Bertz CT molecular complexity index is 553. The van der Waals surface area contributed by atoms with Crippen LogP contribution in [0.25, 0.3) is 11.3 Å². The molecule has 3 nitrogen and oxygen atoms in total. The molecule has 1 aromatic heterocycles. The molecule has 2 N–H and O–H groups in total. The molecule has 0 saturated heterocycles. The van der Waals surface area contributed by atoms with Crippen LogP contribution in [0.2, 0.25) is 0 Å². The first-order chi connectivity index (χ1) is 8.04. The Morgan fingerprint density at radius 3 is 2.41 bits per heavy atom. The maximum Gasteiger partial charge on any atom is 0.123 e. The largest absolute Gasteiger partial charge is 0.334 e. The van der Waals surface area contributed by atoms with Crippen LogP contribution in [0, 0.1) is 20.8 Å². The summed E-state index contributed by atoms with van der Waals surface area (Å²) < 4.78 is 2.06. The molecule has 17 heavy (non-hydrogen) atoms. The molecule has 0 amide bonds. The van der Waals surface area contributed by atoms with Gasteiger partial charge in [-0.15, -0.1) is 0 Å². The summed E-state index contributed by atoms with van der Waals surface area (Å²) in [7, 11) is 2.01. The van der Waals surface area contributed by atoms with Gasteiger partial charge in [0.1, 0.15) is 5.82 Å². The quantitative estimate of drug-likeness (QED) is 0.859. The van der Waals surface area contributed by atoms with Gasteiger partial charge in [-0.25, -0.2) is 4.98 Å². The minimum absolute atomic E-state index is 0.474. The van der Waals surface area contributed by atoms with E-state index in [1.165, 1.54) is 16.7 Å². The van der Waals surface area contributed by atoms with Crippen LogP contribution in [-0.4, -0.2) is 9.55 Å². The van der Waals surface area contributed by atoms with E-state index in [1.54, 1.807) is 0 Å². The highest BCUT2D eigenvalue weighted by Gasteiger charge is 2.12. The van der Waals surface area contributed by atoms with E-state index in [0.29, 0.717) is 6.54 Å². The molecule has 1 aromatic carbocycles. The third-order valence-electron chi connectivity index (χ3n) is 3.44. The van der Waals surface area contributed by atoms with Gasteiger partial charge in [0, 0.05) is 18.3 Å². The smallest absolute Gasteiger partial charge is 0.123 e. The van der Waals surface area contributed by atoms with Crippen molar-refractivity contribution < 1.29 is 0 Å². The van der Waals surface area contributed by atoms with Crippen LogP contribution < -0.4 is 5.73 Å². The molecule has 0 saturated carbocycles. The minimum atomic E-state index is 0.474. The summed E-state index contributed by atoms with van der Waals surface area (Å²) in [6.45, 7) is 6.80. The van der Waals surface area contributed by atoms with Crippen LogP contribution in [0.1, 0.15) is 22.6 Å². The number of nitrogens with two attached hydrogens (primary N) is 1. The molecule has 2 aromatic rings. The van der Waals surface area contributed by atoms with Crippen LogP contribution in [0.15, 0.2) is 18.2 Å². The molecule has 0 fully saturated rings. The van der Waals surface area contributed by atoms with Gasteiger partial charge in [-0.3, -0.25) is 0 Å². The third kappa shape index (κ3) is 1.98. The van der Waals surface area contributed by atoms with Gasteiger partial charge in [0.05, 0.1) is 12.2 Å². The molecule has 0 unspecified atom stereocenters. The third-order valence-corrected chi connectivity index (χ3v) is 3.44. The highest BCUT2D eigenvalue weighted by molar-refractivity contribution is 5.63. The number of benzene rings is 1. The number of rotatable bonds is 2. The second kappa shape index (κ2) is 4.34. The van der Waals surface area contributed by atoms with Crippen molar-refractivity contribution in [3.63, 3.8) is 0 Å². The molecule has 0 aliphatic heterocycles. The summed E-state index contributed by atoms with van der Waals surface area (Å²) in [6, 6.07) is 6.45. The Morgan fingerprint density at radius 2 is 1.88 bits per heavy atom. The van der Waals surface area contributed by atoms with E-state index in [0.717, 1.165) is 17.2 Å². The predicted octanol–water partition coefficient (Wildman–Crippen LogP) is 2.47. The fourth-order valence-corrected chi connectivity index (χ4v) is 1.98. The zero-order valence-corrected chi connectivity index (χ0v) is 10.9. The number of hydrogen-bond donors (Lipinski definition) is 1. The van der Waals surface area contributed by atoms with E-state index in [1.807, 2.05) is 7.05 Å². The van der Waals surface area contributed by atoms with Crippen molar-refractivity contribution in [3.8, 4) is 11.3 Å². The molecule has 90 valence electrons.